The van der Waals surface area contributed by atoms with Crippen LogP contribution in [0.25, 0.3) is 16.5 Å². The zero-order chi connectivity index (χ0) is 12.5. The lowest BCUT2D eigenvalue weighted by molar-refractivity contribution is 0.592. The number of hydrogen-bond acceptors (Lipinski definition) is 1. The van der Waals surface area contributed by atoms with E-state index in [1.807, 2.05) is 0 Å². The molecule has 0 saturated heterocycles. The fourth-order valence-corrected chi connectivity index (χ4v) is 2.83. The van der Waals surface area contributed by atoms with Crippen molar-refractivity contribution < 1.29 is 0 Å². The quantitative estimate of drug-likeness (QED) is 0.697. The van der Waals surface area contributed by atoms with E-state index in [0.29, 0.717) is 5.92 Å². The molecule has 0 bridgehead atoms. The molecule has 1 heteroatoms. The predicted molar refractivity (Wildman–Crippen MR) is 77.5 cm³/mol. The molecule has 1 heterocycles. The summed E-state index contributed by atoms with van der Waals surface area (Å²) in [5.74, 6) is 0.698. The molecular formula is C17H19N. The van der Waals surface area contributed by atoms with Crippen molar-refractivity contribution in [2.24, 2.45) is 5.92 Å². The van der Waals surface area contributed by atoms with Crippen LogP contribution < -0.4 is 0 Å². The van der Waals surface area contributed by atoms with Crippen LogP contribution in [0.1, 0.15) is 37.4 Å². The first-order valence-corrected chi connectivity index (χ1v) is 6.81. The molecule has 1 aromatic heterocycles. The standard InChI is InChI=1S/C17H19N/c1-12-5-3-7-14(11-12)16-10-9-15-13(2)6-4-8-17(15)18-16/h4,6,8-12H,3,5,7H2,1-2H3. The predicted octanol–water partition coefficient (Wildman–Crippen LogP) is 4.75. The van der Waals surface area contributed by atoms with Gasteiger partial charge in [0.05, 0.1) is 11.2 Å². The molecule has 2 aromatic rings. The Labute approximate surface area is 109 Å². The topological polar surface area (TPSA) is 12.9 Å². The van der Waals surface area contributed by atoms with Crippen molar-refractivity contribution >= 4 is 16.5 Å². The third kappa shape index (κ3) is 2.05. The molecule has 1 aliphatic carbocycles. The number of rotatable bonds is 1. The van der Waals surface area contributed by atoms with E-state index in [9.17, 15) is 0 Å². The lowest BCUT2D eigenvalue weighted by Crippen LogP contribution is -2.01. The van der Waals surface area contributed by atoms with Crippen molar-refractivity contribution in [3.8, 4) is 0 Å². The van der Waals surface area contributed by atoms with Crippen LogP contribution in [0.15, 0.2) is 36.4 Å². The lowest BCUT2D eigenvalue weighted by atomic mass is 9.90. The minimum atomic E-state index is 0.698. The van der Waals surface area contributed by atoms with Crippen LogP contribution in [0.5, 0.6) is 0 Å². The summed E-state index contributed by atoms with van der Waals surface area (Å²) >= 11 is 0. The van der Waals surface area contributed by atoms with Gasteiger partial charge in [-0.05, 0) is 55.4 Å². The number of aromatic nitrogens is 1. The molecule has 0 N–H and O–H groups in total. The average molecular weight is 237 g/mol. The SMILES string of the molecule is Cc1cccc2nc(C3=CC(C)CCC3)ccc12. The van der Waals surface area contributed by atoms with Crippen LogP contribution in [0.4, 0.5) is 0 Å². The van der Waals surface area contributed by atoms with Gasteiger partial charge in [-0.3, -0.25) is 0 Å². The highest BCUT2D eigenvalue weighted by atomic mass is 14.7. The van der Waals surface area contributed by atoms with E-state index < -0.39 is 0 Å². The Morgan fingerprint density at radius 1 is 1.17 bits per heavy atom. The van der Waals surface area contributed by atoms with Gasteiger partial charge in [0.25, 0.3) is 0 Å². The van der Waals surface area contributed by atoms with Gasteiger partial charge in [-0.2, -0.15) is 0 Å². The fourth-order valence-electron chi connectivity index (χ4n) is 2.83. The van der Waals surface area contributed by atoms with Gasteiger partial charge in [-0.15, -0.1) is 0 Å². The van der Waals surface area contributed by atoms with Gasteiger partial charge in [0.15, 0.2) is 0 Å². The average Bonchev–Trinajstić information content (AvgIpc) is 2.39. The number of nitrogens with zero attached hydrogens (tertiary/aromatic N) is 1. The Kier molecular flexibility index (Phi) is 2.91. The molecule has 0 fully saturated rings. The van der Waals surface area contributed by atoms with Crippen LogP contribution >= 0.6 is 0 Å². The van der Waals surface area contributed by atoms with Gasteiger partial charge in [0.1, 0.15) is 0 Å². The second kappa shape index (κ2) is 4.56. The van der Waals surface area contributed by atoms with Gasteiger partial charge < -0.3 is 0 Å². The molecule has 0 spiro atoms. The molecule has 0 aliphatic heterocycles. The zero-order valence-corrected chi connectivity index (χ0v) is 11.1. The third-order valence-electron chi connectivity index (χ3n) is 3.87. The van der Waals surface area contributed by atoms with Crippen LogP contribution in [0.2, 0.25) is 0 Å². The molecule has 18 heavy (non-hydrogen) atoms. The van der Waals surface area contributed by atoms with E-state index in [0.717, 1.165) is 5.52 Å². The first-order valence-electron chi connectivity index (χ1n) is 6.81. The summed E-state index contributed by atoms with van der Waals surface area (Å²) in [4.78, 5) is 4.83. The summed E-state index contributed by atoms with van der Waals surface area (Å²) in [6.45, 7) is 4.44. The van der Waals surface area contributed by atoms with E-state index >= 15 is 0 Å². The highest BCUT2D eigenvalue weighted by molar-refractivity contribution is 5.84. The summed E-state index contributed by atoms with van der Waals surface area (Å²) in [7, 11) is 0. The van der Waals surface area contributed by atoms with E-state index in [4.69, 9.17) is 4.98 Å². The van der Waals surface area contributed by atoms with E-state index in [-0.39, 0.29) is 0 Å². The highest BCUT2D eigenvalue weighted by Gasteiger charge is 2.12. The second-order valence-electron chi connectivity index (χ2n) is 5.40. The normalized spacial score (nSPS) is 19.9. The molecule has 1 unspecified atom stereocenters. The Hall–Kier alpha value is -1.63. The third-order valence-corrected chi connectivity index (χ3v) is 3.87. The Balaban J connectivity index is 2.08. The van der Waals surface area contributed by atoms with Gasteiger partial charge >= 0.3 is 0 Å². The van der Waals surface area contributed by atoms with E-state index in [1.165, 1.54) is 41.5 Å². The molecule has 3 rings (SSSR count). The molecule has 1 aliphatic rings. The van der Waals surface area contributed by atoms with Crippen molar-refractivity contribution in [2.45, 2.75) is 33.1 Å². The summed E-state index contributed by atoms with van der Waals surface area (Å²) in [5, 5.41) is 1.27. The zero-order valence-electron chi connectivity index (χ0n) is 11.1. The molecule has 92 valence electrons. The van der Waals surface area contributed by atoms with Gasteiger partial charge in [-0.1, -0.05) is 31.2 Å². The van der Waals surface area contributed by atoms with E-state index in [2.05, 4.69) is 50.3 Å². The number of benzene rings is 1. The number of pyridine rings is 1. The maximum Gasteiger partial charge on any atom is 0.0712 e. The number of fused-ring (bicyclic) bond motifs is 1. The van der Waals surface area contributed by atoms with E-state index in [1.54, 1.807) is 0 Å². The molecule has 0 saturated carbocycles. The first-order chi connectivity index (χ1) is 8.74. The molecule has 0 amide bonds. The lowest BCUT2D eigenvalue weighted by Gasteiger charge is -2.17. The highest BCUT2D eigenvalue weighted by Crippen LogP contribution is 2.30. The maximum absolute atomic E-state index is 4.83. The number of hydrogen-bond donors (Lipinski definition) is 0. The van der Waals surface area contributed by atoms with Crippen molar-refractivity contribution in [2.75, 3.05) is 0 Å². The van der Waals surface area contributed by atoms with Crippen molar-refractivity contribution in [3.05, 3.63) is 47.7 Å². The van der Waals surface area contributed by atoms with Gasteiger partial charge in [0.2, 0.25) is 0 Å². The van der Waals surface area contributed by atoms with Crippen molar-refractivity contribution in [3.63, 3.8) is 0 Å². The number of allylic oxidation sites excluding steroid dienone is 2. The van der Waals surface area contributed by atoms with Crippen LogP contribution in [-0.2, 0) is 0 Å². The Bertz CT molecular complexity index is 610. The van der Waals surface area contributed by atoms with Crippen LogP contribution in [0.3, 0.4) is 0 Å². The molecule has 1 atom stereocenters. The Morgan fingerprint density at radius 2 is 2.06 bits per heavy atom. The monoisotopic (exact) mass is 237 g/mol. The number of aryl methyl sites for hydroxylation is 1. The molecule has 0 radical (unpaired) electrons. The minimum absolute atomic E-state index is 0.698. The maximum atomic E-state index is 4.83. The summed E-state index contributed by atoms with van der Waals surface area (Å²) in [6.07, 6.45) is 6.18. The fraction of sp³-hybridized carbons (Fsp3) is 0.353. The molecule has 1 nitrogen and oxygen atoms in total. The Morgan fingerprint density at radius 3 is 2.89 bits per heavy atom. The van der Waals surface area contributed by atoms with Crippen LogP contribution in [-0.4, -0.2) is 4.98 Å². The molecule has 1 aromatic carbocycles. The van der Waals surface area contributed by atoms with Crippen molar-refractivity contribution in [1.29, 1.82) is 0 Å². The molecular weight excluding hydrogens is 218 g/mol. The van der Waals surface area contributed by atoms with Gasteiger partial charge in [-0.25, -0.2) is 4.98 Å². The summed E-state index contributed by atoms with van der Waals surface area (Å²) in [5.41, 5.74) is 5.01. The minimum Gasteiger partial charge on any atom is -0.248 e. The largest absolute Gasteiger partial charge is 0.248 e. The summed E-state index contributed by atoms with van der Waals surface area (Å²) < 4.78 is 0. The first kappa shape index (κ1) is 11.5. The van der Waals surface area contributed by atoms with Crippen LogP contribution in [0, 0.1) is 12.8 Å². The van der Waals surface area contributed by atoms with Gasteiger partial charge in [0, 0.05) is 5.39 Å². The second-order valence-corrected chi connectivity index (χ2v) is 5.40. The summed E-state index contributed by atoms with van der Waals surface area (Å²) in [6, 6.07) is 10.7. The smallest absolute Gasteiger partial charge is 0.0712 e. The van der Waals surface area contributed by atoms with Crippen molar-refractivity contribution in [1.82, 2.24) is 4.98 Å².